The maximum Gasteiger partial charge on any atom is 0.252 e. The van der Waals surface area contributed by atoms with Gasteiger partial charge in [-0.1, -0.05) is 51.2 Å². The van der Waals surface area contributed by atoms with Crippen LogP contribution in [0.25, 0.3) is 0 Å². The molecule has 1 heterocycles. The second-order valence-electron chi connectivity index (χ2n) is 8.44. The van der Waals surface area contributed by atoms with Gasteiger partial charge in [-0.25, -0.2) is 0 Å². The van der Waals surface area contributed by atoms with Crippen molar-refractivity contribution in [2.45, 2.75) is 69.4 Å². The SMILES string of the molecule is CC(CNC(=O)c1ccccc1SCC(=O)NC1CCCCCCC1)Cn1cccn1. The number of benzene rings is 1. The summed E-state index contributed by atoms with van der Waals surface area (Å²) in [5.41, 5.74) is 0.623. The van der Waals surface area contributed by atoms with Crippen LogP contribution in [0, 0.1) is 5.92 Å². The Kier molecular flexibility index (Phi) is 9.46. The highest BCUT2D eigenvalue weighted by Gasteiger charge is 2.16. The molecule has 1 aliphatic carbocycles. The van der Waals surface area contributed by atoms with Gasteiger partial charge in [0, 0.05) is 36.4 Å². The molecule has 6 nitrogen and oxygen atoms in total. The van der Waals surface area contributed by atoms with Gasteiger partial charge in [0.25, 0.3) is 5.91 Å². The molecule has 1 fully saturated rings. The molecule has 1 saturated carbocycles. The predicted molar refractivity (Wildman–Crippen MR) is 125 cm³/mol. The first-order valence-corrected chi connectivity index (χ1v) is 12.4. The van der Waals surface area contributed by atoms with E-state index in [1.165, 1.54) is 43.9 Å². The fourth-order valence-corrected chi connectivity index (χ4v) is 4.81. The van der Waals surface area contributed by atoms with E-state index >= 15 is 0 Å². The smallest absolute Gasteiger partial charge is 0.252 e. The molecular formula is C24H34N4O2S. The predicted octanol–water partition coefficient (Wildman–Crippen LogP) is 4.27. The summed E-state index contributed by atoms with van der Waals surface area (Å²) in [5.74, 6) is 0.545. The van der Waals surface area contributed by atoms with Crippen LogP contribution in [0.4, 0.5) is 0 Å². The van der Waals surface area contributed by atoms with E-state index in [0.29, 0.717) is 23.9 Å². The van der Waals surface area contributed by atoms with Crippen LogP contribution in [0.15, 0.2) is 47.6 Å². The summed E-state index contributed by atoms with van der Waals surface area (Å²) in [6.07, 6.45) is 12.1. The summed E-state index contributed by atoms with van der Waals surface area (Å²) in [4.78, 5) is 26.1. The van der Waals surface area contributed by atoms with E-state index in [1.54, 1.807) is 6.20 Å². The van der Waals surface area contributed by atoms with Crippen LogP contribution in [0.1, 0.15) is 62.2 Å². The lowest BCUT2D eigenvalue weighted by Crippen LogP contribution is -2.36. The molecule has 168 valence electrons. The third-order valence-electron chi connectivity index (χ3n) is 5.63. The van der Waals surface area contributed by atoms with E-state index in [2.05, 4.69) is 22.7 Å². The molecule has 0 saturated heterocycles. The lowest BCUT2D eigenvalue weighted by molar-refractivity contribution is -0.119. The van der Waals surface area contributed by atoms with Crippen LogP contribution in [-0.2, 0) is 11.3 Å². The van der Waals surface area contributed by atoms with Gasteiger partial charge < -0.3 is 10.6 Å². The summed E-state index contributed by atoms with van der Waals surface area (Å²) in [5, 5.41) is 10.4. The van der Waals surface area contributed by atoms with Crippen molar-refractivity contribution in [2.75, 3.05) is 12.3 Å². The van der Waals surface area contributed by atoms with Gasteiger partial charge in [0.1, 0.15) is 0 Å². The van der Waals surface area contributed by atoms with Crippen molar-refractivity contribution in [3.8, 4) is 0 Å². The largest absolute Gasteiger partial charge is 0.353 e. The second-order valence-corrected chi connectivity index (χ2v) is 9.45. The van der Waals surface area contributed by atoms with Gasteiger partial charge in [-0.05, 0) is 37.0 Å². The number of hydrogen-bond acceptors (Lipinski definition) is 4. The van der Waals surface area contributed by atoms with Crippen molar-refractivity contribution in [3.63, 3.8) is 0 Å². The molecule has 0 aliphatic heterocycles. The zero-order valence-electron chi connectivity index (χ0n) is 18.4. The van der Waals surface area contributed by atoms with Gasteiger partial charge in [-0.15, -0.1) is 11.8 Å². The lowest BCUT2D eigenvalue weighted by Gasteiger charge is -2.21. The van der Waals surface area contributed by atoms with E-state index in [-0.39, 0.29) is 17.7 Å². The molecule has 3 rings (SSSR count). The van der Waals surface area contributed by atoms with Gasteiger partial charge in [-0.3, -0.25) is 14.3 Å². The molecule has 0 spiro atoms. The van der Waals surface area contributed by atoms with E-state index < -0.39 is 0 Å². The molecule has 2 N–H and O–H groups in total. The summed E-state index contributed by atoms with van der Waals surface area (Å²) in [6, 6.07) is 9.69. The van der Waals surface area contributed by atoms with Gasteiger partial charge in [0.05, 0.1) is 11.3 Å². The van der Waals surface area contributed by atoms with Gasteiger partial charge in [-0.2, -0.15) is 5.10 Å². The molecular weight excluding hydrogens is 408 g/mol. The van der Waals surface area contributed by atoms with Gasteiger partial charge in [0.15, 0.2) is 0 Å². The molecule has 0 bridgehead atoms. The number of nitrogens with zero attached hydrogens (tertiary/aromatic N) is 2. The van der Waals surface area contributed by atoms with Gasteiger partial charge >= 0.3 is 0 Å². The molecule has 1 unspecified atom stereocenters. The Morgan fingerprint density at radius 2 is 1.87 bits per heavy atom. The number of aromatic nitrogens is 2. The third kappa shape index (κ3) is 8.05. The molecule has 0 radical (unpaired) electrons. The Bertz CT molecular complexity index is 817. The molecule has 31 heavy (non-hydrogen) atoms. The molecule has 1 aromatic heterocycles. The van der Waals surface area contributed by atoms with Crippen molar-refractivity contribution >= 4 is 23.6 Å². The minimum atomic E-state index is -0.101. The van der Waals surface area contributed by atoms with Gasteiger partial charge in [0.2, 0.25) is 5.91 Å². The summed E-state index contributed by atoms with van der Waals surface area (Å²) in [6.45, 7) is 3.41. The Balaban J connectivity index is 1.47. The Labute approximate surface area is 189 Å². The number of carbonyl (C=O) groups excluding carboxylic acids is 2. The molecule has 1 aromatic carbocycles. The number of thioether (sulfide) groups is 1. The van der Waals surface area contributed by atoms with E-state index in [9.17, 15) is 9.59 Å². The summed E-state index contributed by atoms with van der Waals surface area (Å²) in [7, 11) is 0. The zero-order valence-corrected chi connectivity index (χ0v) is 19.2. The maximum absolute atomic E-state index is 12.8. The first-order chi connectivity index (χ1) is 15.1. The fourth-order valence-electron chi connectivity index (χ4n) is 3.95. The Morgan fingerprint density at radius 3 is 2.61 bits per heavy atom. The topological polar surface area (TPSA) is 76.0 Å². The van der Waals surface area contributed by atoms with Crippen molar-refractivity contribution in [3.05, 3.63) is 48.3 Å². The van der Waals surface area contributed by atoms with Crippen molar-refractivity contribution in [2.24, 2.45) is 5.92 Å². The summed E-state index contributed by atoms with van der Waals surface area (Å²) >= 11 is 1.43. The Hall–Kier alpha value is -2.28. The van der Waals surface area contributed by atoms with Crippen molar-refractivity contribution in [1.29, 1.82) is 0 Å². The molecule has 7 heteroatoms. The third-order valence-corrected chi connectivity index (χ3v) is 6.70. The van der Waals surface area contributed by atoms with E-state index in [1.807, 2.05) is 41.2 Å². The van der Waals surface area contributed by atoms with Crippen molar-refractivity contribution < 1.29 is 9.59 Å². The summed E-state index contributed by atoms with van der Waals surface area (Å²) < 4.78 is 1.87. The second kappa shape index (κ2) is 12.5. The minimum Gasteiger partial charge on any atom is -0.353 e. The average Bonchev–Trinajstić information content (AvgIpc) is 3.25. The van der Waals surface area contributed by atoms with Crippen LogP contribution >= 0.6 is 11.8 Å². The monoisotopic (exact) mass is 442 g/mol. The average molecular weight is 443 g/mol. The first kappa shape index (κ1) is 23.4. The Morgan fingerprint density at radius 1 is 1.13 bits per heavy atom. The fraction of sp³-hybridized carbons (Fsp3) is 0.542. The minimum absolute atomic E-state index is 0.0543. The molecule has 2 amide bonds. The number of rotatable bonds is 9. The normalized spacial score (nSPS) is 16.2. The zero-order chi connectivity index (χ0) is 21.9. The first-order valence-electron chi connectivity index (χ1n) is 11.4. The lowest BCUT2D eigenvalue weighted by atomic mass is 9.97. The number of hydrogen-bond donors (Lipinski definition) is 2. The number of carbonyl (C=O) groups is 2. The van der Waals surface area contributed by atoms with Crippen LogP contribution in [0.3, 0.4) is 0 Å². The van der Waals surface area contributed by atoms with Crippen LogP contribution in [0.5, 0.6) is 0 Å². The highest BCUT2D eigenvalue weighted by Crippen LogP contribution is 2.23. The quantitative estimate of drug-likeness (QED) is 0.569. The van der Waals surface area contributed by atoms with Crippen molar-refractivity contribution in [1.82, 2.24) is 20.4 Å². The highest BCUT2D eigenvalue weighted by atomic mass is 32.2. The van der Waals surface area contributed by atoms with Crippen LogP contribution < -0.4 is 10.6 Å². The standard InChI is InChI=1S/C24H34N4O2S/c1-19(17-28-15-9-14-26-28)16-25-24(30)21-12-7-8-13-22(21)31-18-23(29)27-20-10-5-3-2-4-6-11-20/h7-9,12-15,19-20H,2-6,10-11,16-18H2,1H3,(H,25,30)(H,27,29). The highest BCUT2D eigenvalue weighted by molar-refractivity contribution is 8.00. The molecule has 1 atom stereocenters. The van der Waals surface area contributed by atoms with E-state index in [4.69, 9.17) is 0 Å². The van der Waals surface area contributed by atoms with Crippen LogP contribution in [0.2, 0.25) is 0 Å². The number of amides is 2. The van der Waals surface area contributed by atoms with Crippen LogP contribution in [-0.4, -0.2) is 39.9 Å². The molecule has 2 aromatic rings. The molecule has 1 aliphatic rings. The maximum atomic E-state index is 12.8. The number of nitrogens with one attached hydrogen (secondary N) is 2. The van der Waals surface area contributed by atoms with E-state index in [0.717, 1.165) is 24.3 Å².